The summed E-state index contributed by atoms with van der Waals surface area (Å²) in [7, 11) is 0. The number of nitrogen functional groups attached to an aromatic ring is 1. The van der Waals surface area contributed by atoms with Gasteiger partial charge >= 0.3 is 0 Å². The first-order valence-electron chi connectivity index (χ1n) is 10.8. The summed E-state index contributed by atoms with van der Waals surface area (Å²) in [6.45, 7) is 1.46. The van der Waals surface area contributed by atoms with Gasteiger partial charge in [-0.15, -0.1) is 11.3 Å². The number of thiophene rings is 1. The van der Waals surface area contributed by atoms with Crippen LogP contribution in [0.25, 0.3) is 32.1 Å². The minimum Gasteiger partial charge on any atom is -0.477 e. The number of nitriles is 1. The molecule has 0 atom stereocenters. The van der Waals surface area contributed by atoms with Crippen LogP contribution in [-0.2, 0) is 18.0 Å². The van der Waals surface area contributed by atoms with Crippen molar-refractivity contribution in [3.63, 3.8) is 0 Å². The number of hydrogen-bond donors (Lipinski definition) is 1. The first kappa shape index (κ1) is 20.7. The molecule has 2 aliphatic rings. The van der Waals surface area contributed by atoms with Crippen LogP contribution in [0, 0.1) is 23.1 Å². The van der Waals surface area contributed by atoms with E-state index in [1.54, 1.807) is 6.07 Å². The van der Waals surface area contributed by atoms with E-state index in [-0.39, 0.29) is 10.6 Å². The number of nitrogens with two attached hydrogens (primary N) is 1. The van der Waals surface area contributed by atoms with Crippen LogP contribution in [0.3, 0.4) is 0 Å². The Morgan fingerprint density at radius 1 is 1.24 bits per heavy atom. The third-order valence-corrected chi connectivity index (χ3v) is 8.07. The van der Waals surface area contributed by atoms with Gasteiger partial charge in [0.05, 0.1) is 40.6 Å². The number of fused-ring (bicyclic) bond motifs is 4. The average Bonchev–Trinajstić information content (AvgIpc) is 3.39. The molecule has 3 heterocycles. The highest BCUT2D eigenvalue weighted by molar-refractivity contribution is 7.23. The Morgan fingerprint density at radius 2 is 2.06 bits per heavy atom. The molecule has 1 aliphatic carbocycles. The standard InChI is InChI=1S/C25H19ClFN3O2S/c26-22-20(14-4-6-18(27)24-21(14)15(8-28)25(29)33-24)17-11-31-10-16(17)13-5-7-19(30-23(13)22)32-9-12-2-1-3-12/h4-7,12H,1-3,9-11,29H2. The molecule has 5 nitrogen and oxygen atoms in total. The Kier molecular flexibility index (Phi) is 4.91. The smallest absolute Gasteiger partial charge is 0.213 e. The summed E-state index contributed by atoms with van der Waals surface area (Å²) in [5.41, 5.74) is 10.2. The fourth-order valence-electron chi connectivity index (χ4n) is 4.73. The minimum atomic E-state index is -0.415. The van der Waals surface area contributed by atoms with E-state index in [9.17, 15) is 9.65 Å². The molecule has 1 fully saturated rings. The molecule has 0 unspecified atom stereocenters. The van der Waals surface area contributed by atoms with Gasteiger partial charge in [-0.25, -0.2) is 9.37 Å². The third kappa shape index (κ3) is 3.17. The Bertz CT molecular complexity index is 1490. The van der Waals surface area contributed by atoms with E-state index in [0.29, 0.717) is 63.4 Å². The molecule has 6 rings (SSSR count). The van der Waals surface area contributed by atoms with Crippen LogP contribution in [0.5, 0.6) is 5.88 Å². The fraction of sp³-hybridized carbons (Fsp3) is 0.280. The summed E-state index contributed by atoms with van der Waals surface area (Å²) < 4.78 is 26.7. The zero-order valence-electron chi connectivity index (χ0n) is 17.6. The van der Waals surface area contributed by atoms with Crippen LogP contribution in [-0.4, -0.2) is 11.6 Å². The molecule has 8 heteroatoms. The van der Waals surface area contributed by atoms with Crippen molar-refractivity contribution in [3.8, 4) is 23.1 Å². The van der Waals surface area contributed by atoms with Crippen molar-refractivity contribution in [2.75, 3.05) is 12.3 Å². The SMILES string of the molecule is N#Cc1c(N)sc2c(F)ccc(-c3c4c(c5ccc(OCC6CCC6)nc5c3Cl)COC4)c12. The molecule has 2 aromatic heterocycles. The summed E-state index contributed by atoms with van der Waals surface area (Å²) >= 11 is 8.07. The summed E-state index contributed by atoms with van der Waals surface area (Å²) in [5, 5.41) is 11.8. The van der Waals surface area contributed by atoms with Crippen LogP contribution in [0.1, 0.15) is 36.0 Å². The maximum Gasteiger partial charge on any atom is 0.213 e. The van der Waals surface area contributed by atoms with Gasteiger partial charge in [-0.3, -0.25) is 0 Å². The van der Waals surface area contributed by atoms with Gasteiger partial charge in [0.15, 0.2) is 0 Å². The Labute approximate surface area is 198 Å². The summed E-state index contributed by atoms with van der Waals surface area (Å²) in [6, 6.07) is 9.04. The monoisotopic (exact) mass is 479 g/mol. The molecular weight excluding hydrogens is 461 g/mol. The van der Waals surface area contributed by atoms with Crippen LogP contribution >= 0.6 is 22.9 Å². The van der Waals surface area contributed by atoms with E-state index in [1.165, 1.54) is 25.3 Å². The van der Waals surface area contributed by atoms with Gasteiger partial charge in [0.2, 0.25) is 5.88 Å². The Morgan fingerprint density at radius 3 is 2.82 bits per heavy atom. The van der Waals surface area contributed by atoms with Crippen molar-refractivity contribution in [3.05, 3.63) is 51.8 Å². The molecule has 1 aliphatic heterocycles. The number of anilines is 1. The molecule has 33 heavy (non-hydrogen) atoms. The zero-order chi connectivity index (χ0) is 22.7. The number of hydrogen-bond acceptors (Lipinski definition) is 6. The number of nitrogens with zero attached hydrogens (tertiary/aromatic N) is 2. The summed E-state index contributed by atoms with van der Waals surface area (Å²) in [5.74, 6) is 0.701. The van der Waals surface area contributed by atoms with E-state index >= 15 is 0 Å². The van der Waals surface area contributed by atoms with Crippen molar-refractivity contribution in [2.45, 2.75) is 32.5 Å². The molecule has 166 valence electrons. The number of benzene rings is 2. The fourth-order valence-corrected chi connectivity index (χ4v) is 6.04. The Hall–Kier alpha value is -2.92. The van der Waals surface area contributed by atoms with E-state index in [0.717, 1.165) is 27.8 Å². The maximum absolute atomic E-state index is 14.6. The van der Waals surface area contributed by atoms with Crippen molar-refractivity contribution in [2.24, 2.45) is 5.92 Å². The topological polar surface area (TPSA) is 81.2 Å². The predicted octanol–water partition coefficient (Wildman–Crippen LogP) is 6.57. The number of aromatic nitrogens is 1. The van der Waals surface area contributed by atoms with Gasteiger partial charge in [0, 0.05) is 22.4 Å². The lowest BCUT2D eigenvalue weighted by Crippen LogP contribution is -2.19. The second-order valence-electron chi connectivity index (χ2n) is 8.54. The minimum absolute atomic E-state index is 0.263. The summed E-state index contributed by atoms with van der Waals surface area (Å²) in [4.78, 5) is 4.74. The molecular formula is C25H19ClFN3O2S. The largest absolute Gasteiger partial charge is 0.477 e. The molecule has 4 aromatic rings. The molecule has 0 spiro atoms. The number of ether oxygens (including phenoxy) is 2. The molecule has 0 amide bonds. The first-order valence-corrected chi connectivity index (χ1v) is 12.0. The van der Waals surface area contributed by atoms with Gasteiger partial charge in [-0.2, -0.15) is 5.26 Å². The van der Waals surface area contributed by atoms with Gasteiger partial charge in [-0.1, -0.05) is 24.1 Å². The van der Waals surface area contributed by atoms with Crippen molar-refractivity contribution in [1.82, 2.24) is 4.98 Å². The Balaban J connectivity index is 1.60. The second kappa shape index (κ2) is 7.84. The molecule has 2 aromatic carbocycles. The lowest BCUT2D eigenvalue weighted by atomic mass is 9.86. The van der Waals surface area contributed by atoms with Gasteiger partial charge in [-0.05, 0) is 47.6 Å². The molecule has 2 N–H and O–H groups in total. The van der Waals surface area contributed by atoms with E-state index in [2.05, 4.69) is 6.07 Å². The van der Waals surface area contributed by atoms with E-state index < -0.39 is 5.82 Å². The molecule has 0 radical (unpaired) electrons. The highest BCUT2D eigenvalue weighted by atomic mass is 35.5. The van der Waals surface area contributed by atoms with E-state index in [1.807, 2.05) is 12.1 Å². The van der Waals surface area contributed by atoms with Crippen LogP contribution in [0.2, 0.25) is 5.02 Å². The van der Waals surface area contributed by atoms with Crippen molar-refractivity contribution >= 4 is 48.9 Å². The average molecular weight is 480 g/mol. The van der Waals surface area contributed by atoms with Crippen LogP contribution in [0.4, 0.5) is 9.39 Å². The molecule has 0 saturated heterocycles. The zero-order valence-corrected chi connectivity index (χ0v) is 19.2. The molecule has 0 bridgehead atoms. The number of pyridine rings is 1. The third-order valence-electron chi connectivity index (χ3n) is 6.67. The highest BCUT2D eigenvalue weighted by Gasteiger charge is 2.28. The van der Waals surface area contributed by atoms with Gasteiger partial charge in [0.1, 0.15) is 16.9 Å². The second-order valence-corrected chi connectivity index (χ2v) is 9.97. The van der Waals surface area contributed by atoms with Gasteiger partial charge < -0.3 is 15.2 Å². The summed E-state index contributed by atoms with van der Waals surface area (Å²) in [6.07, 6.45) is 3.63. The van der Waals surface area contributed by atoms with Crippen molar-refractivity contribution in [1.29, 1.82) is 5.26 Å². The quantitative estimate of drug-likeness (QED) is 0.358. The van der Waals surface area contributed by atoms with Crippen LogP contribution < -0.4 is 10.5 Å². The highest BCUT2D eigenvalue weighted by Crippen LogP contribution is 2.48. The van der Waals surface area contributed by atoms with Crippen LogP contribution in [0.15, 0.2) is 24.3 Å². The first-order chi connectivity index (χ1) is 16.1. The number of rotatable bonds is 4. The lowest BCUT2D eigenvalue weighted by Gasteiger charge is -2.25. The predicted molar refractivity (Wildman–Crippen MR) is 128 cm³/mol. The molecule has 1 saturated carbocycles. The van der Waals surface area contributed by atoms with Crippen molar-refractivity contribution < 1.29 is 13.9 Å². The van der Waals surface area contributed by atoms with E-state index in [4.69, 9.17) is 31.8 Å². The number of halogens is 2. The maximum atomic E-state index is 14.6. The van der Waals surface area contributed by atoms with Gasteiger partial charge in [0.25, 0.3) is 0 Å². The lowest BCUT2D eigenvalue weighted by molar-refractivity contribution is 0.135. The normalized spacial score (nSPS) is 15.5.